The van der Waals surface area contributed by atoms with Crippen LogP contribution in [-0.4, -0.2) is 13.2 Å². The topological polar surface area (TPSA) is 18.5 Å². The lowest BCUT2D eigenvalue weighted by Gasteiger charge is -2.13. The summed E-state index contributed by atoms with van der Waals surface area (Å²) >= 11 is 0. The molecule has 7 heteroatoms. The molecule has 0 aromatic heterocycles. The average Bonchev–Trinajstić information content (AvgIpc) is 2.72. The van der Waals surface area contributed by atoms with Crippen LogP contribution in [0.2, 0.25) is 0 Å². The molecule has 28 heavy (non-hydrogen) atoms. The quantitative estimate of drug-likeness (QED) is 0.204. The Morgan fingerprint density at radius 2 is 1.21 bits per heavy atom. The summed E-state index contributed by atoms with van der Waals surface area (Å²) in [7, 11) is 0. The second kappa shape index (κ2) is 10.3. The SMILES string of the molecule is CCC(CC)Cc1ccc(OCCCOc2c(F)c(F)c(F)c(F)c2F)cc1. The maximum Gasteiger partial charge on any atom is 0.206 e. The molecule has 0 spiro atoms. The Bertz CT molecular complexity index is 744. The smallest absolute Gasteiger partial charge is 0.206 e. The second-order valence-electron chi connectivity index (χ2n) is 6.48. The fraction of sp³-hybridized carbons (Fsp3) is 0.429. The van der Waals surface area contributed by atoms with Crippen LogP contribution in [0.15, 0.2) is 24.3 Å². The van der Waals surface area contributed by atoms with Gasteiger partial charge in [0.2, 0.25) is 29.1 Å². The van der Waals surface area contributed by atoms with Crippen molar-refractivity contribution in [2.75, 3.05) is 13.2 Å². The largest absolute Gasteiger partial charge is 0.493 e. The minimum Gasteiger partial charge on any atom is -0.493 e. The van der Waals surface area contributed by atoms with Crippen molar-refractivity contribution in [1.82, 2.24) is 0 Å². The summed E-state index contributed by atoms with van der Waals surface area (Å²) in [4.78, 5) is 0. The molecule has 0 atom stereocenters. The van der Waals surface area contributed by atoms with Crippen LogP contribution in [0.3, 0.4) is 0 Å². The second-order valence-corrected chi connectivity index (χ2v) is 6.48. The van der Waals surface area contributed by atoms with Crippen molar-refractivity contribution in [3.8, 4) is 11.5 Å². The predicted octanol–water partition coefficient (Wildman–Crippen LogP) is 6.21. The van der Waals surface area contributed by atoms with Crippen molar-refractivity contribution < 1.29 is 31.4 Å². The zero-order valence-electron chi connectivity index (χ0n) is 15.8. The Labute approximate surface area is 161 Å². The molecule has 2 rings (SSSR count). The highest BCUT2D eigenvalue weighted by molar-refractivity contribution is 5.30. The summed E-state index contributed by atoms with van der Waals surface area (Å²) in [6.07, 6.45) is 3.45. The van der Waals surface area contributed by atoms with Gasteiger partial charge in [-0.15, -0.1) is 0 Å². The summed E-state index contributed by atoms with van der Waals surface area (Å²) in [6, 6.07) is 7.64. The maximum atomic E-state index is 13.5. The van der Waals surface area contributed by atoms with Crippen LogP contribution in [-0.2, 0) is 6.42 Å². The van der Waals surface area contributed by atoms with E-state index in [1.807, 2.05) is 24.3 Å². The number of halogens is 5. The number of benzene rings is 2. The van der Waals surface area contributed by atoms with E-state index in [1.165, 1.54) is 5.56 Å². The first-order valence-electron chi connectivity index (χ1n) is 9.24. The van der Waals surface area contributed by atoms with Crippen molar-refractivity contribution >= 4 is 0 Å². The van der Waals surface area contributed by atoms with Crippen molar-refractivity contribution in [2.24, 2.45) is 5.92 Å². The average molecular weight is 402 g/mol. The van der Waals surface area contributed by atoms with Gasteiger partial charge in [0, 0.05) is 6.42 Å². The molecule has 154 valence electrons. The van der Waals surface area contributed by atoms with Crippen LogP contribution in [0.5, 0.6) is 11.5 Å². The Morgan fingerprint density at radius 3 is 1.75 bits per heavy atom. The van der Waals surface area contributed by atoms with Crippen molar-refractivity contribution in [3.63, 3.8) is 0 Å². The van der Waals surface area contributed by atoms with E-state index in [4.69, 9.17) is 9.47 Å². The lowest BCUT2D eigenvalue weighted by Crippen LogP contribution is -2.10. The standard InChI is InChI=1S/C21H23F5O2/c1-3-13(4-2)12-14-6-8-15(9-7-14)27-10-5-11-28-21-19(25)17(23)16(22)18(24)20(21)26/h6-9,13H,3-5,10-12H2,1-2H3. The van der Waals surface area contributed by atoms with E-state index >= 15 is 0 Å². The minimum atomic E-state index is -2.21. The normalized spacial score (nSPS) is 11.1. The summed E-state index contributed by atoms with van der Waals surface area (Å²) in [5.41, 5.74) is 1.22. The number of hydrogen-bond acceptors (Lipinski definition) is 2. The maximum absolute atomic E-state index is 13.5. The molecule has 0 radical (unpaired) electrons. The van der Waals surface area contributed by atoms with Gasteiger partial charge in [0.05, 0.1) is 13.2 Å². The van der Waals surface area contributed by atoms with Gasteiger partial charge in [0.25, 0.3) is 0 Å². The van der Waals surface area contributed by atoms with Crippen LogP contribution in [0.1, 0.15) is 38.7 Å². The molecule has 0 saturated heterocycles. The first-order chi connectivity index (χ1) is 13.4. The molecule has 0 fully saturated rings. The highest BCUT2D eigenvalue weighted by atomic mass is 19.2. The monoisotopic (exact) mass is 402 g/mol. The van der Waals surface area contributed by atoms with Gasteiger partial charge < -0.3 is 9.47 Å². The third-order valence-corrected chi connectivity index (χ3v) is 4.58. The molecule has 0 aliphatic carbocycles. The molecule has 2 nitrogen and oxygen atoms in total. The summed E-state index contributed by atoms with van der Waals surface area (Å²) in [6.45, 7) is 4.24. The van der Waals surface area contributed by atoms with E-state index in [2.05, 4.69) is 13.8 Å². The molecule has 2 aromatic rings. The lowest BCUT2D eigenvalue weighted by atomic mass is 9.95. The van der Waals surface area contributed by atoms with Gasteiger partial charge in [-0.2, -0.15) is 8.78 Å². The van der Waals surface area contributed by atoms with Gasteiger partial charge >= 0.3 is 0 Å². The number of ether oxygens (including phenoxy) is 2. The van der Waals surface area contributed by atoms with Crippen LogP contribution in [0.4, 0.5) is 22.0 Å². The van der Waals surface area contributed by atoms with Gasteiger partial charge in [-0.3, -0.25) is 0 Å². The van der Waals surface area contributed by atoms with Crippen LogP contribution in [0, 0.1) is 35.0 Å². The van der Waals surface area contributed by atoms with Gasteiger partial charge in [-0.25, -0.2) is 13.2 Å². The fourth-order valence-electron chi connectivity index (χ4n) is 2.77. The van der Waals surface area contributed by atoms with Gasteiger partial charge in [-0.05, 0) is 30.0 Å². The first-order valence-corrected chi connectivity index (χ1v) is 9.24. The third kappa shape index (κ3) is 5.36. The summed E-state index contributed by atoms with van der Waals surface area (Å²) in [5, 5.41) is 0. The molecule has 2 aromatic carbocycles. The molecule has 0 saturated carbocycles. The van der Waals surface area contributed by atoms with E-state index in [-0.39, 0.29) is 19.6 Å². The Balaban J connectivity index is 1.81. The fourth-order valence-corrected chi connectivity index (χ4v) is 2.77. The van der Waals surface area contributed by atoms with Crippen molar-refractivity contribution in [2.45, 2.75) is 39.5 Å². The van der Waals surface area contributed by atoms with Crippen molar-refractivity contribution in [3.05, 3.63) is 58.9 Å². The molecule has 0 amide bonds. The number of hydrogen-bond donors (Lipinski definition) is 0. The predicted molar refractivity (Wildman–Crippen MR) is 96.1 cm³/mol. The summed E-state index contributed by atoms with van der Waals surface area (Å²) in [5.74, 6) is -10.2. The zero-order chi connectivity index (χ0) is 20.7. The van der Waals surface area contributed by atoms with Crippen LogP contribution < -0.4 is 9.47 Å². The minimum absolute atomic E-state index is 0.168. The van der Waals surface area contributed by atoms with Crippen LogP contribution in [0.25, 0.3) is 0 Å². The van der Waals surface area contributed by atoms with E-state index in [0.717, 1.165) is 19.3 Å². The number of rotatable bonds is 10. The van der Waals surface area contributed by atoms with E-state index < -0.39 is 34.8 Å². The Morgan fingerprint density at radius 1 is 0.714 bits per heavy atom. The molecule has 0 heterocycles. The Hall–Kier alpha value is -2.31. The molecular formula is C21H23F5O2. The molecule has 0 N–H and O–H groups in total. The first kappa shape index (κ1) is 22.0. The molecular weight excluding hydrogens is 379 g/mol. The molecule has 0 bridgehead atoms. The Kier molecular flexibility index (Phi) is 8.08. The summed E-state index contributed by atoms with van der Waals surface area (Å²) < 4.78 is 76.3. The lowest BCUT2D eigenvalue weighted by molar-refractivity contribution is 0.225. The molecule has 0 aliphatic rings. The van der Waals surface area contributed by atoms with Crippen LogP contribution >= 0.6 is 0 Å². The van der Waals surface area contributed by atoms with Gasteiger partial charge in [0.15, 0.2) is 5.75 Å². The highest BCUT2D eigenvalue weighted by Crippen LogP contribution is 2.29. The van der Waals surface area contributed by atoms with E-state index in [0.29, 0.717) is 11.7 Å². The third-order valence-electron chi connectivity index (χ3n) is 4.58. The highest BCUT2D eigenvalue weighted by Gasteiger charge is 2.26. The van der Waals surface area contributed by atoms with Gasteiger partial charge in [-0.1, -0.05) is 38.8 Å². The zero-order valence-corrected chi connectivity index (χ0v) is 15.8. The molecule has 0 unspecified atom stereocenters. The molecule has 0 aliphatic heterocycles. The van der Waals surface area contributed by atoms with Gasteiger partial charge in [0.1, 0.15) is 5.75 Å². The van der Waals surface area contributed by atoms with Crippen molar-refractivity contribution in [1.29, 1.82) is 0 Å². The van der Waals surface area contributed by atoms with E-state index in [1.54, 1.807) is 0 Å². The van der Waals surface area contributed by atoms with E-state index in [9.17, 15) is 22.0 Å².